The Morgan fingerprint density at radius 3 is 2.67 bits per heavy atom. The summed E-state index contributed by atoms with van der Waals surface area (Å²) < 4.78 is 22.8. The summed E-state index contributed by atoms with van der Waals surface area (Å²) in [5.74, 6) is -0.872. The van der Waals surface area contributed by atoms with E-state index in [1.54, 1.807) is 11.4 Å². The van der Waals surface area contributed by atoms with Crippen LogP contribution in [0.2, 0.25) is 5.02 Å². The zero-order chi connectivity index (χ0) is 13.5. The van der Waals surface area contributed by atoms with E-state index in [2.05, 4.69) is 0 Å². The van der Waals surface area contributed by atoms with E-state index in [-0.39, 0.29) is 17.4 Å². The van der Waals surface area contributed by atoms with Gasteiger partial charge in [-0.1, -0.05) is 11.6 Å². The van der Waals surface area contributed by atoms with Crippen molar-refractivity contribution in [2.45, 2.75) is 12.1 Å². The molecule has 100 valence electrons. The lowest BCUT2D eigenvalue weighted by molar-refractivity contribution is 0.0586. The van der Waals surface area contributed by atoms with Crippen molar-refractivity contribution >= 4 is 38.7 Å². The molecule has 0 aliphatic carbocycles. The molecule has 5 nitrogen and oxygen atoms in total. The van der Waals surface area contributed by atoms with Crippen LogP contribution in [0.4, 0.5) is 0 Å². The average molecular weight is 310 g/mol. The fraction of sp³-hybridized carbons (Fsp3) is 0.500. The van der Waals surface area contributed by atoms with Gasteiger partial charge in [-0.15, -0.1) is 11.3 Å². The maximum absolute atomic E-state index is 12.1. The molecule has 1 fully saturated rings. The van der Waals surface area contributed by atoms with E-state index < -0.39 is 22.0 Å². The van der Waals surface area contributed by atoms with Crippen LogP contribution in [0.1, 0.15) is 9.67 Å². The fourth-order valence-electron chi connectivity index (χ4n) is 1.94. The molecule has 1 aromatic rings. The van der Waals surface area contributed by atoms with Gasteiger partial charge < -0.3 is 10.0 Å². The molecular formula is C10H12ClNO4S2. The van der Waals surface area contributed by atoms with Gasteiger partial charge in [-0.3, -0.25) is 4.79 Å². The predicted molar refractivity (Wildman–Crippen MR) is 69.9 cm³/mol. The molecule has 2 rings (SSSR count). The number of hydrogen-bond acceptors (Lipinski definition) is 5. The Bertz CT molecular complexity index is 568. The van der Waals surface area contributed by atoms with Gasteiger partial charge in [-0.05, 0) is 11.4 Å². The first-order valence-electron chi connectivity index (χ1n) is 5.20. The first-order valence-corrected chi connectivity index (χ1v) is 8.28. The number of likely N-dealkylation sites (N-methyl/N-ethyl adjacent to an activating group) is 1. The fourth-order valence-corrected chi connectivity index (χ4v) is 4.90. The van der Waals surface area contributed by atoms with Crippen LogP contribution in [0.3, 0.4) is 0 Å². The van der Waals surface area contributed by atoms with E-state index in [0.717, 1.165) is 0 Å². The van der Waals surface area contributed by atoms with Gasteiger partial charge in [0.15, 0.2) is 9.84 Å². The SMILES string of the molecule is CN(C(=O)c1sccc1Cl)[C@@H]1CS(=O)(=O)C[C@H]1O. The lowest BCUT2D eigenvalue weighted by Gasteiger charge is -2.25. The minimum absolute atomic E-state index is 0.209. The van der Waals surface area contributed by atoms with E-state index in [1.807, 2.05) is 0 Å². The topological polar surface area (TPSA) is 74.7 Å². The second kappa shape index (κ2) is 4.80. The van der Waals surface area contributed by atoms with Crippen LogP contribution >= 0.6 is 22.9 Å². The van der Waals surface area contributed by atoms with E-state index in [0.29, 0.717) is 9.90 Å². The van der Waals surface area contributed by atoms with Gasteiger partial charge in [0.1, 0.15) is 4.88 Å². The van der Waals surface area contributed by atoms with Gasteiger partial charge in [-0.25, -0.2) is 8.42 Å². The molecule has 1 aliphatic heterocycles. The molecule has 1 aliphatic rings. The summed E-state index contributed by atoms with van der Waals surface area (Å²) in [6, 6.07) is 0.899. The number of rotatable bonds is 2. The number of sulfone groups is 1. The highest BCUT2D eigenvalue weighted by Crippen LogP contribution is 2.26. The normalized spacial score (nSPS) is 26.2. The Hall–Kier alpha value is -0.630. The zero-order valence-corrected chi connectivity index (χ0v) is 11.9. The minimum Gasteiger partial charge on any atom is -0.390 e. The van der Waals surface area contributed by atoms with E-state index >= 15 is 0 Å². The molecule has 0 spiro atoms. The highest BCUT2D eigenvalue weighted by molar-refractivity contribution is 7.91. The molecule has 0 bridgehead atoms. The van der Waals surface area contributed by atoms with Crippen molar-refractivity contribution in [2.24, 2.45) is 0 Å². The van der Waals surface area contributed by atoms with Crippen LogP contribution in [-0.4, -0.2) is 55.0 Å². The largest absolute Gasteiger partial charge is 0.390 e. The Labute approximate surface area is 114 Å². The van der Waals surface area contributed by atoms with E-state index in [9.17, 15) is 18.3 Å². The highest BCUT2D eigenvalue weighted by atomic mass is 35.5. The predicted octanol–water partition coefficient (Wildman–Crippen LogP) is 0.631. The van der Waals surface area contributed by atoms with E-state index in [1.165, 1.54) is 23.3 Å². The number of thiophene rings is 1. The minimum atomic E-state index is -3.28. The van der Waals surface area contributed by atoms with Crippen LogP contribution in [0, 0.1) is 0 Å². The van der Waals surface area contributed by atoms with Crippen molar-refractivity contribution in [2.75, 3.05) is 18.6 Å². The van der Waals surface area contributed by atoms with E-state index in [4.69, 9.17) is 11.6 Å². The summed E-state index contributed by atoms with van der Waals surface area (Å²) in [4.78, 5) is 13.7. The van der Waals surface area contributed by atoms with Gasteiger partial charge in [0.2, 0.25) is 0 Å². The van der Waals surface area contributed by atoms with Gasteiger partial charge in [0, 0.05) is 7.05 Å². The Morgan fingerprint density at radius 1 is 1.56 bits per heavy atom. The Balaban J connectivity index is 2.20. The smallest absolute Gasteiger partial charge is 0.265 e. The second-order valence-electron chi connectivity index (χ2n) is 4.23. The number of amides is 1. The molecule has 0 saturated carbocycles. The van der Waals surface area contributed by atoms with Crippen molar-refractivity contribution in [3.8, 4) is 0 Å². The number of carbonyl (C=O) groups is 1. The van der Waals surface area contributed by atoms with Crippen LogP contribution < -0.4 is 0 Å². The molecule has 2 atom stereocenters. The zero-order valence-electron chi connectivity index (χ0n) is 9.54. The molecule has 2 heterocycles. The van der Waals surface area contributed by atoms with Crippen molar-refractivity contribution in [3.05, 3.63) is 21.3 Å². The molecule has 1 N–H and O–H groups in total. The number of carbonyl (C=O) groups excluding carboxylic acids is 1. The number of halogens is 1. The Kier molecular flexibility index (Phi) is 3.68. The van der Waals surface area contributed by atoms with Crippen molar-refractivity contribution in [3.63, 3.8) is 0 Å². The summed E-state index contributed by atoms with van der Waals surface area (Å²) in [5.41, 5.74) is 0. The summed E-state index contributed by atoms with van der Waals surface area (Å²) in [5, 5.41) is 11.7. The van der Waals surface area contributed by atoms with Crippen LogP contribution in [-0.2, 0) is 9.84 Å². The number of aliphatic hydroxyl groups excluding tert-OH is 1. The third-order valence-corrected chi connectivity index (χ3v) is 5.95. The number of aliphatic hydroxyl groups is 1. The Morgan fingerprint density at radius 2 is 2.22 bits per heavy atom. The third-order valence-electron chi connectivity index (χ3n) is 2.92. The molecule has 1 saturated heterocycles. The monoisotopic (exact) mass is 309 g/mol. The third kappa shape index (κ3) is 2.54. The van der Waals surface area contributed by atoms with Crippen molar-refractivity contribution in [1.82, 2.24) is 4.90 Å². The summed E-state index contributed by atoms with van der Waals surface area (Å²) in [7, 11) is -1.80. The first-order chi connectivity index (χ1) is 8.32. The van der Waals surface area contributed by atoms with Gasteiger partial charge >= 0.3 is 0 Å². The molecule has 18 heavy (non-hydrogen) atoms. The summed E-state index contributed by atoms with van der Waals surface area (Å²) >= 11 is 7.05. The van der Waals surface area contributed by atoms with Crippen LogP contribution in [0.25, 0.3) is 0 Å². The number of nitrogens with zero attached hydrogens (tertiary/aromatic N) is 1. The molecule has 1 aromatic heterocycles. The second-order valence-corrected chi connectivity index (χ2v) is 7.70. The van der Waals surface area contributed by atoms with Gasteiger partial charge in [0.05, 0.1) is 28.7 Å². The standard InChI is InChI=1S/C10H12ClNO4S2/c1-12(7-4-18(15,16)5-8(7)13)10(14)9-6(11)2-3-17-9/h2-3,7-8,13H,4-5H2,1H3/t7-,8-/m1/s1. The molecule has 0 radical (unpaired) electrons. The van der Waals surface area contributed by atoms with Gasteiger partial charge in [-0.2, -0.15) is 0 Å². The van der Waals surface area contributed by atoms with Crippen LogP contribution in [0.5, 0.6) is 0 Å². The molecule has 8 heteroatoms. The van der Waals surface area contributed by atoms with Crippen molar-refractivity contribution in [1.29, 1.82) is 0 Å². The first kappa shape index (κ1) is 13.8. The summed E-state index contributed by atoms with van der Waals surface area (Å²) in [6.45, 7) is 0. The molecule has 0 unspecified atom stereocenters. The lowest BCUT2D eigenvalue weighted by atomic mass is 10.2. The lowest BCUT2D eigenvalue weighted by Crippen LogP contribution is -2.43. The quantitative estimate of drug-likeness (QED) is 0.869. The molecule has 0 aromatic carbocycles. The highest BCUT2D eigenvalue weighted by Gasteiger charge is 2.40. The maximum atomic E-state index is 12.1. The number of hydrogen-bond donors (Lipinski definition) is 1. The maximum Gasteiger partial charge on any atom is 0.265 e. The molecular weight excluding hydrogens is 298 g/mol. The average Bonchev–Trinajstić information content (AvgIpc) is 2.80. The summed E-state index contributed by atoms with van der Waals surface area (Å²) in [6.07, 6.45) is -1.04. The molecule has 1 amide bonds. The van der Waals surface area contributed by atoms with Crippen molar-refractivity contribution < 1.29 is 18.3 Å². The van der Waals surface area contributed by atoms with Gasteiger partial charge in [0.25, 0.3) is 5.91 Å². The van der Waals surface area contributed by atoms with Crippen LogP contribution in [0.15, 0.2) is 11.4 Å².